The maximum Gasteiger partial charge on any atom is 0.138 e. The van der Waals surface area contributed by atoms with Crippen LogP contribution in [0.3, 0.4) is 0 Å². The van der Waals surface area contributed by atoms with Crippen molar-refractivity contribution in [3.05, 3.63) is 77.6 Å². The van der Waals surface area contributed by atoms with Gasteiger partial charge in [0.15, 0.2) is 0 Å². The Morgan fingerprint density at radius 1 is 1.03 bits per heavy atom. The molecule has 5 aromatic rings. The number of aromatic nitrogens is 3. The first kappa shape index (κ1) is 18.8. The summed E-state index contributed by atoms with van der Waals surface area (Å²) in [6.07, 6.45) is 4.69. The van der Waals surface area contributed by atoms with E-state index in [9.17, 15) is 0 Å². The maximum atomic E-state index is 4.57. The summed E-state index contributed by atoms with van der Waals surface area (Å²) in [5.74, 6) is 1.44. The second-order valence-corrected chi connectivity index (χ2v) is 8.72. The maximum absolute atomic E-state index is 4.57. The molecular formula is C25H24N4S. The number of nitrogens with one attached hydrogen (secondary N) is 2. The fourth-order valence-corrected chi connectivity index (χ4v) is 4.84. The van der Waals surface area contributed by atoms with Crippen molar-refractivity contribution < 1.29 is 0 Å². The Hall–Kier alpha value is -3.18. The monoisotopic (exact) mass is 412 g/mol. The second-order valence-electron chi connectivity index (χ2n) is 7.86. The van der Waals surface area contributed by atoms with Crippen LogP contribution in [0.2, 0.25) is 0 Å². The minimum Gasteiger partial charge on any atom is -0.369 e. The number of para-hydroxylation sites is 1. The molecule has 5 heteroatoms. The van der Waals surface area contributed by atoms with Crippen LogP contribution in [0.15, 0.2) is 66.4 Å². The highest BCUT2D eigenvalue weighted by molar-refractivity contribution is 7.17. The van der Waals surface area contributed by atoms with E-state index in [4.69, 9.17) is 0 Å². The number of thiophene rings is 1. The first-order chi connectivity index (χ1) is 14.7. The van der Waals surface area contributed by atoms with Gasteiger partial charge in [0.1, 0.15) is 17.0 Å². The Morgan fingerprint density at radius 2 is 1.87 bits per heavy atom. The van der Waals surface area contributed by atoms with Gasteiger partial charge >= 0.3 is 0 Å². The molecular weight excluding hydrogens is 388 g/mol. The summed E-state index contributed by atoms with van der Waals surface area (Å²) in [4.78, 5) is 13.4. The van der Waals surface area contributed by atoms with E-state index in [2.05, 4.69) is 94.2 Å². The van der Waals surface area contributed by atoms with Crippen molar-refractivity contribution in [1.29, 1.82) is 0 Å². The van der Waals surface area contributed by atoms with Crippen LogP contribution >= 0.6 is 11.3 Å². The number of fused-ring (bicyclic) bond motifs is 2. The average molecular weight is 413 g/mol. The zero-order valence-electron chi connectivity index (χ0n) is 17.1. The molecule has 3 heterocycles. The lowest BCUT2D eigenvalue weighted by atomic mass is 9.99. The zero-order chi connectivity index (χ0) is 20.5. The van der Waals surface area contributed by atoms with Gasteiger partial charge in [-0.15, -0.1) is 11.3 Å². The standard InChI is InChI=1S/C25H24N4S/c1-16(2)17-7-9-18(10-8-17)21-14-30-25-23(21)24(28-15-29-25)26-12-11-19-13-27-22-6-4-3-5-20(19)22/h3-10,13-16,27H,11-12H2,1-2H3,(H,26,28,29). The molecule has 0 amide bonds. The van der Waals surface area contributed by atoms with Crippen LogP contribution in [0.25, 0.3) is 32.2 Å². The molecule has 3 aromatic heterocycles. The summed E-state index contributed by atoms with van der Waals surface area (Å²) in [7, 11) is 0. The summed E-state index contributed by atoms with van der Waals surface area (Å²) in [5, 5.41) is 8.14. The summed E-state index contributed by atoms with van der Waals surface area (Å²) in [5.41, 5.74) is 6.26. The predicted octanol–water partition coefficient (Wildman–Crippen LogP) is 6.62. The van der Waals surface area contributed by atoms with Crippen molar-refractivity contribution in [2.24, 2.45) is 0 Å². The summed E-state index contributed by atoms with van der Waals surface area (Å²) < 4.78 is 0. The number of aromatic amines is 1. The highest BCUT2D eigenvalue weighted by Crippen LogP contribution is 2.37. The Labute approximate surface area is 180 Å². The third-order valence-corrected chi connectivity index (χ3v) is 6.51. The molecule has 0 saturated heterocycles. The Morgan fingerprint density at radius 3 is 2.70 bits per heavy atom. The third kappa shape index (κ3) is 3.46. The number of rotatable bonds is 6. The van der Waals surface area contributed by atoms with E-state index in [1.165, 1.54) is 33.2 Å². The summed E-state index contributed by atoms with van der Waals surface area (Å²) in [6.45, 7) is 5.26. The number of benzene rings is 2. The molecule has 0 aliphatic rings. The molecule has 150 valence electrons. The minimum absolute atomic E-state index is 0.531. The van der Waals surface area contributed by atoms with Crippen LogP contribution in [0.1, 0.15) is 30.9 Å². The van der Waals surface area contributed by atoms with Gasteiger partial charge in [-0.25, -0.2) is 9.97 Å². The molecule has 0 saturated carbocycles. The SMILES string of the molecule is CC(C)c1ccc(-c2csc3ncnc(NCCc4c[nH]c5ccccc45)c23)cc1. The van der Waals surface area contributed by atoms with Crippen LogP contribution in [-0.2, 0) is 6.42 Å². The Kier molecular flexibility index (Phi) is 4.97. The van der Waals surface area contributed by atoms with E-state index in [1.807, 2.05) is 0 Å². The van der Waals surface area contributed by atoms with Crippen LogP contribution in [0, 0.1) is 0 Å². The van der Waals surface area contributed by atoms with E-state index in [0.717, 1.165) is 29.0 Å². The lowest BCUT2D eigenvalue weighted by Gasteiger charge is -2.09. The normalized spacial score (nSPS) is 11.6. The third-order valence-electron chi connectivity index (χ3n) is 5.62. The summed E-state index contributed by atoms with van der Waals surface area (Å²) >= 11 is 1.67. The van der Waals surface area contributed by atoms with Crippen LogP contribution < -0.4 is 5.32 Å². The molecule has 0 atom stereocenters. The Balaban J connectivity index is 1.41. The largest absolute Gasteiger partial charge is 0.369 e. The van der Waals surface area contributed by atoms with E-state index in [1.54, 1.807) is 17.7 Å². The van der Waals surface area contributed by atoms with Gasteiger partial charge in [0.05, 0.1) is 5.39 Å². The van der Waals surface area contributed by atoms with Crippen LogP contribution in [-0.4, -0.2) is 21.5 Å². The Bertz CT molecular complexity index is 1300. The predicted molar refractivity (Wildman–Crippen MR) is 127 cm³/mol. The van der Waals surface area contributed by atoms with E-state index in [0.29, 0.717) is 5.92 Å². The number of hydrogen-bond acceptors (Lipinski definition) is 4. The number of nitrogens with zero attached hydrogens (tertiary/aromatic N) is 2. The molecule has 4 nitrogen and oxygen atoms in total. The van der Waals surface area contributed by atoms with Crippen molar-refractivity contribution in [3.8, 4) is 11.1 Å². The van der Waals surface area contributed by atoms with E-state index >= 15 is 0 Å². The van der Waals surface area contributed by atoms with Gasteiger partial charge in [0, 0.05) is 34.6 Å². The molecule has 0 radical (unpaired) electrons. The van der Waals surface area contributed by atoms with Crippen molar-refractivity contribution in [2.75, 3.05) is 11.9 Å². The van der Waals surface area contributed by atoms with Gasteiger partial charge in [-0.1, -0.05) is 56.3 Å². The number of hydrogen-bond donors (Lipinski definition) is 2. The molecule has 0 unspecified atom stereocenters. The van der Waals surface area contributed by atoms with Gasteiger partial charge < -0.3 is 10.3 Å². The quantitative estimate of drug-likeness (QED) is 0.330. The van der Waals surface area contributed by atoms with Crippen molar-refractivity contribution >= 4 is 38.3 Å². The molecule has 5 rings (SSSR count). The fraction of sp³-hybridized carbons (Fsp3) is 0.200. The van der Waals surface area contributed by atoms with E-state index in [-0.39, 0.29) is 0 Å². The second kappa shape index (κ2) is 7.92. The zero-order valence-corrected chi connectivity index (χ0v) is 18.0. The van der Waals surface area contributed by atoms with Crippen LogP contribution in [0.4, 0.5) is 5.82 Å². The molecule has 2 N–H and O–H groups in total. The van der Waals surface area contributed by atoms with Crippen molar-refractivity contribution in [3.63, 3.8) is 0 Å². The number of anilines is 1. The van der Waals surface area contributed by atoms with Gasteiger partial charge in [-0.2, -0.15) is 0 Å². The molecule has 0 spiro atoms. The first-order valence-corrected chi connectivity index (χ1v) is 11.2. The topological polar surface area (TPSA) is 53.6 Å². The van der Waals surface area contributed by atoms with Gasteiger partial charge in [0.25, 0.3) is 0 Å². The van der Waals surface area contributed by atoms with Gasteiger partial charge in [-0.05, 0) is 35.1 Å². The highest BCUT2D eigenvalue weighted by atomic mass is 32.1. The van der Waals surface area contributed by atoms with Crippen LogP contribution in [0.5, 0.6) is 0 Å². The summed E-state index contributed by atoms with van der Waals surface area (Å²) in [6, 6.07) is 17.3. The van der Waals surface area contributed by atoms with Crippen molar-refractivity contribution in [1.82, 2.24) is 15.0 Å². The van der Waals surface area contributed by atoms with E-state index < -0.39 is 0 Å². The van der Waals surface area contributed by atoms with Crippen molar-refractivity contribution in [2.45, 2.75) is 26.2 Å². The lowest BCUT2D eigenvalue weighted by molar-refractivity contribution is 0.867. The van der Waals surface area contributed by atoms with Gasteiger partial charge in [0.2, 0.25) is 0 Å². The average Bonchev–Trinajstić information content (AvgIpc) is 3.39. The lowest BCUT2D eigenvalue weighted by Crippen LogP contribution is -2.06. The molecule has 2 aromatic carbocycles. The highest BCUT2D eigenvalue weighted by Gasteiger charge is 2.13. The van der Waals surface area contributed by atoms with Gasteiger partial charge in [-0.3, -0.25) is 0 Å². The first-order valence-electron chi connectivity index (χ1n) is 10.3. The fourth-order valence-electron chi connectivity index (χ4n) is 3.92. The minimum atomic E-state index is 0.531. The number of H-pyrrole nitrogens is 1. The molecule has 30 heavy (non-hydrogen) atoms. The molecule has 0 aliphatic carbocycles. The molecule has 0 fully saturated rings. The molecule has 0 aliphatic heterocycles. The smallest absolute Gasteiger partial charge is 0.138 e. The molecule has 0 bridgehead atoms.